The van der Waals surface area contributed by atoms with E-state index in [1.807, 2.05) is 59.6 Å². The molecule has 6 nitrogen and oxygen atoms in total. The SMILES string of the molecule is COc1ccc(C2=NN(c3cccc(OC)n3)C(c3ccc(OC)cc3)C2)cc1. The van der Waals surface area contributed by atoms with E-state index >= 15 is 0 Å². The van der Waals surface area contributed by atoms with Crippen LogP contribution in [-0.4, -0.2) is 32.0 Å². The minimum atomic E-state index is 0.0256. The highest BCUT2D eigenvalue weighted by atomic mass is 16.5. The summed E-state index contributed by atoms with van der Waals surface area (Å²) in [4.78, 5) is 4.59. The predicted octanol–water partition coefficient (Wildman–Crippen LogP) is 4.46. The summed E-state index contributed by atoms with van der Waals surface area (Å²) in [6.45, 7) is 0. The van der Waals surface area contributed by atoms with E-state index in [-0.39, 0.29) is 6.04 Å². The molecule has 1 aromatic heterocycles. The first-order chi connectivity index (χ1) is 14.2. The van der Waals surface area contributed by atoms with Crippen LogP contribution in [0.5, 0.6) is 17.4 Å². The average molecular weight is 389 g/mol. The van der Waals surface area contributed by atoms with Crippen molar-refractivity contribution in [1.82, 2.24) is 4.98 Å². The fourth-order valence-electron chi connectivity index (χ4n) is 3.41. The van der Waals surface area contributed by atoms with Crippen molar-refractivity contribution in [3.05, 3.63) is 77.9 Å². The highest BCUT2D eigenvalue weighted by molar-refractivity contribution is 6.03. The quantitative estimate of drug-likeness (QED) is 0.623. The molecule has 148 valence electrons. The van der Waals surface area contributed by atoms with E-state index < -0.39 is 0 Å². The molecule has 1 aliphatic rings. The summed E-state index contributed by atoms with van der Waals surface area (Å²) in [6, 6.07) is 21.8. The van der Waals surface area contributed by atoms with Crippen molar-refractivity contribution >= 4 is 11.5 Å². The van der Waals surface area contributed by atoms with Crippen LogP contribution in [0.25, 0.3) is 0 Å². The number of hydrogen-bond donors (Lipinski definition) is 0. The predicted molar refractivity (Wildman–Crippen MR) is 113 cm³/mol. The maximum absolute atomic E-state index is 5.31. The minimum absolute atomic E-state index is 0.0256. The standard InChI is InChI=1S/C23H23N3O3/c1-27-18-11-7-16(8-12-18)20-15-21(17-9-13-19(28-2)14-10-17)26(25-20)22-5-4-6-23(24-22)29-3/h4-14,21H,15H2,1-3H3. The molecule has 0 spiro atoms. The second-order valence-corrected chi connectivity index (χ2v) is 6.65. The molecule has 0 radical (unpaired) electrons. The first kappa shape index (κ1) is 18.8. The van der Waals surface area contributed by atoms with Gasteiger partial charge >= 0.3 is 0 Å². The number of ether oxygens (including phenoxy) is 3. The van der Waals surface area contributed by atoms with Crippen molar-refractivity contribution in [3.63, 3.8) is 0 Å². The molecule has 0 saturated carbocycles. The Kier molecular flexibility index (Phi) is 5.33. The van der Waals surface area contributed by atoms with Gasteiger partial charge in [-0.2, -0.15) is 10.1 Å². The summed E-state index contributed by atoms with van der Waals surface area (Å²) in [5, 5.41) is 6.88. The molecule has 0 amide bonds. The number of methoxy groups -OCH3 is 3. The monoisotopic (exact) mass is 389 g/mol. The molecule has 1 unspecified atom stereocenters. The molecule has 4 rings (SSSR count). The Balaban J connectivity index is 1.72. The van der Waals surface area contributed by atoms with E-state index in [4.69, 9.17) is 19.3 Å². The number of nitrogens with zero attached hydrogens (tertiary/aromatic N) is 3. The first-order valence-corrected chi connectivity index (χ1v) is 9.38. The van der Waals surface area contributed by atoms with Crippen LogP contribution in [-0.2, 0) is 0 Å². The molecule has 3 aromatic rings. The van der Waals surface area contributed by atoms with E-state index in [0.29, 0.717) is 5.88 Å². The van der Waals surface area contributed by atoms with Crippen molar-refractivity contribution in [1.29, 1.82) is 0 Å². The lowest BCUT2D eigenvalue weighted by atomic mass is 9.98. The average Bonchev–Trinajstić information content (AvgIpc) is 3.25. The summed E-state index contributed by atoms with van der Waals surface area (Å²) < 4.78 is 15.9. The number of anilines is 1. The summed E-state index contributed by atoms with van der Waals surface area (Å²) in [7, 11) is 4.95. The van der Waals surface area contributed by atoms with Gasteiger partial charge in [0.15, 0.2) is 5.82 Å². The molecule has 29 heavy (non-hydrogen) atoms. The van der Waals surface area contributed by atoms with Gasteiger partial charge in [0.1, 0.15) is 11.5 Å². The molecule has 0 saturated heterocycles. The smallest absolute Gasteiger partial charge is 0.214 e. The lowest BCUT2D eigenvalue weighted by molar-refractivity contribution is 0.397. The molecule has 1 aliphatic heterocycles. The van der Waals surface area contributed by atoms with Crippen molar-refractivity contribution in [3.8, 4) is 17.4 Å². The zero-order valence-electron chi connectivity index (χ0n) is 16.7. The van der Waals surface area contributed by atoms with Crippen LogP contribution in [0.2, 0.25) is 0 Å². The Morgan fingerprint density at radius 1 is 0.793 bits per heavy atom. The molecule has 0 aliphatic carbocycles. The van der Waals surface area contributed by atoms with Gasteiger partial charge in [0, 0.05) is 12.5 Å². The van der Waals surface area contributed by atoms with Crippen LogP contribution in [0.1, 0.15) is 23.6 Å². The Morgan fingerprint density at radius 3 is 2.07 bits per heavy atom. The summed E-state index contributed by atoms with van der Waals surface area (Å²) in [6.07, 6.45) is 0.761. The van der Waals surface area contributed by atoms with Crippen molar-refractivity contribution in [2.45, 2.75) is 12.5 Å². The number of aromatic nitrogens is 1. The van der Waals surface area contributed by atoms with Gasteiger partial charge in [-0.1, -0.05) is 18.2 Å². The lowest BCUT2D eigenvalue weighted by Crippen LogP contribution is -2.19. The molecule has 0 N–H and O–H groups in total. The number of pyridine rings is 1. The topological polar surface area (TPSA) is 56.2 Å². The van der Waals surface area contributed by atoms with Crippen LogP contribution >= 0.6 is 0 Å². The third-order valence-corrected chi connectivity index (χ3v) is 4.99. The Hall–Kier alpha value is -3.54. The molecular formula is C23H23N3O3. The van der Waals surface area contributed by atoms with Gasteiger partial charge in [0.25, 0.3) is 0 Å². The van der Waals surface area contributed by atoms with Crippen molar-refractivity contribution < 1.29 is 14.2 Å². The molecule has 1 atom stereocenters. The van der Waals surface area contributed by atoms with Crippen molar-refractivity contribution in [2.75, 3.05) is 26.3 Å². The molecule has 2 aromatic carbocycles. The minimum Gasteiger partial charge on any atom is -0.497 e. The van der Waals surface area contributed by atoms with Crippen molar-refractivity contribution in [2.24, 2.45) is 5.10 Å². The van der Waals surface area contributed by atoms with Crippen LogP contribution < -0.4 is 19.2 Å². The zero-order valence-corrected chi connectivity index (χ0v) is 16.7. The van der Waals surface area contributed by atoms with Gasteiger partial charge in [-0.3, -0.25) is 0 Å². The van der Waals surface area contributed by atoms with Crippen LogP contribution in [0, 0.1) is 0 Å². The maximum Gasteiger partial charge on any atom is 0.214 e. The number of hydrazone groups is 1. The number of rotatable bonds is 6. The second-order valence-electron chi connectivity index (χ2n) is 6.65. The molecule has 0 fully saturated rings. The summed E-state index contributed by atoms with van der Waals surface area (Å²) >= 11 is 0. The van der Waals surface area contributed by atoms with E-state index in [2.05, 4.69) is 17.1 Å². The van der Waals surface area contributed by atoms with Crippen LogP contribution in [0.4, 0.5) is 5.82 Å². The highest BCUT2D eigenvalue weighted by Crippen LogP contribution is 2.37. The van der Waals surface area contributed by atoms with Gasteiger partial charge in [-0.05, 0) is 53.6 Å². The van der Waals surface area contributed by atoms with Crippen LogP contribution in [0.15, 0.2) is 71.8 Å². The largest absolute Gasteiger partial charge is 0.497 e. The Labute approximate surface area is 170 Å². The van der Waals surface area contributed by atoms with E-state index in [1.165, 1.54) is 0 Å². The van der Waals surface area contributed by atoms with Crippen LogP contribution in [0.3, 0.4) is 0 Å². The highest BCUT2D eigenvalue weighted by Gasteiger charge is 2.31. The molecule has 2 heterocycles. The molecular weight excluding hydrogens is 366 g/mol. The van der Waals surface area contributed by atoms with E-state index in [0.717, 1.165) is 40.6 Å². The Bertz CT molecular complexity index is 1000. The van der Waals surface area contributed by atoms with Gasteiger partial charge in [-0.15, -0.1) is 0 Å². The summed E-state index contributed by atoms with van der Waals surface area (Å²) in [5.41, 5.74) is 3.20. The van der Waals surface area contributed by atoms with E-state index in [9.17, 15) is 0 Å². The Morgan fingerprint density at radius 2 is 1.45 bits per heavy atom. The number of hydrogen-bond acceptors (Lipinski definition) is 6. The zero-order chi connectivity index (χ0) is 20.2. The summed E-state index contributed by atoms with van der Waals surface area (Å²) in [5.74, 6) is 2.96. The van der Waals surface area contributed by atoms with E-state index in [1.54, 1.807) is 21.3 Å². The fraction of sp³-hybridized carbons (Fsp3) is 0.217. The lowest BCUT2D eigenvalue weighted by Gasteiger charge is -2.23. The van der Waals surface area contributed by atoms with Gasteiger partial charge < -0.3 is 14.2 Å². The fourth-order valence-corrected chi connectivity index (χ4v) is 3.41. The third-order valence-electron chi connectivity index (χ3n) is 4.99. The van der Waals surface area contributed by atoms with Gasteiger partial charge in [-0.25, -0.2) is 5.01 Å². The molecule has 0 bridgehead atoms. The maximum atomic E-state index is 5.31. The second kappa shape index (κ2) is 8.22. The third kappa shape index (κ3) is 3.87. The van der Waals surface area contributed by atoms with Gasteiger partial charge in [0.05, 0.1) is 33.1 Å². The molecule has 6 heteroatoms. The number of benzene rings is 2. The first-order valence-electron chi connectivity index (χ1n) is 9.38. The normalized spacial score (nSPS) is 15.8. The van der Waals surface area contributed by atoms with Gasteiger partial charge in [0.2, 0.25) is 5.88 Å².